The smallest absolute Gasteiger partial charge is 0.128 e. The predicted molar refractivity (Wildman–Crippen MR) is 71.1 cm³/mol. The van der Waals surface area contributed by atoms with E-state index in [1.54, 1.807) is 0 Å². The van der Waals surface area contributed by atoms with E-state index >= 15 is 0 Å². The Morgan fingerprint density at radius 3 is 2.75 bits per heavy atom. The van der Waals surface area contributed by atoms with E-state index in [1.165, 1.54) is 6.08 Å². The second-order valence-corrected chi connectivity index (χ2v) is 4.43. The maximum absolute atomic E-state index is 5.78. The van der Waals surface area contributed by atoms with E-state index in [0.717, 1.165) is 38.3 Å². The average Bonchev–Trinajstić information content (AvgIpc) is 2.29. The van der Waals surface area contributed by atoms with Gasteiger partial charge in [-0.1, -0.05) is 24.8 Å². The van der Waals surface area contributed by atoms with E-state index in [2.05, 4.69) is 35.3 Å². The summed E-state index contributed by atoms with van der Waals surface area (Å²) in [5.41, 5.74) is 0.816. The van der Waals surface area contributed by atoms with Crippen molar-refractivity contribution in [3.63, 3.8) is 0 Å². The van der Waals surface area contributed by atoms with E-state index in [9.17, 15) is 0 Å². The highest BCUT2D eigenvalue weighted by Crippen LogP contribution is 2.12. The van der Waals surface area contributed by atoms with Gasteiger partial charge in [0.15, 0.2) is 0 Å². The molecule has 1 heterocycles. The lowest BCUT2D eigenvalue weighted by Gasteiger charge is -2.32. The normalized spacial score (nSPS) is 20.5. The summed E-state index contributed by atoms with van der Waals surface area (Å²) in [5.74, 6) is 0. The zero-order valence-corrected chi connectivity index (χ0v) is 10.6. The van der Waals surface area contributed by atoms with Crippen molar-refractivity contribution < 1.29 is 0 Å². The molecular weight excluding hydrogens is 222 g/mol. The molecular formula is C12H20ClN3. The molecule has 90 valence electrons. The van der Waals surface area contributed by atoms with Gasteiger partial charge in [-0.3, -0.25) is 4.90 Å². The highest BCUT2D eigenvalue weighted by atomic mass is 35.5. The van der Waals surface area contributed by atoms with Gasteiger partial charge in [0, 0.05) is 44.3 Å². The number of hydrogen-bond donors (Lipinski definition) is 1. The Morgan fingerprint density at radius 1 is 1.56 bits per heavy atom. The van der Waals surface area contributed by atoms with Gasteiger partial charge in [-0.05, 0) is 13.0 Å². The zero-order chi connectivity index (χ0) is 12.0. The van der Waals surface area contributed by atoms with Crippen LogP contribution in [0.15, 0.2) is 29.9 Å². The number of nitrogens with zero attached hydrogens (tertiary/aromatic N) is 2. The molecule has 0 saturated carbocycles. The van der Waals surface area contributed by atoms with Crippen LogP contribution >= 0.6 is 11.6 Å². The maximum Gasteiger partial charge on any atom is 0.128 e. The Kier molecular flexibility index (Phi) is 5.74. The van der Waals surface area contributed by atoms with Gasteiger partial charge in [0.25, 0.3) is 0 Å². The molecule has 1 unspecified atom stereocenters. The van der Waals surface area contributed by atoms with E-state index in [0.29, 0.717) is 11.2 Å². The van der Waals surface area contributed by atoms with Crippen LogP contribution in [0.4, 0.5) is 0 Å². The Hall–Kier alpha value is -0.640. The summed E-state index contributed by atoms with van der Waals surface area (Å²) < 4.78 is 0. The third-order valence-corrected chi connectivity index (χ3v) is 2.98. The maximum atomic E-state index is 5.78. The molecule has 0 spiro atoms. The van der Waals surface area contributed by atoms with E-state index < -0.39 is 0 Å². The molecule has 0 radical (unpaired) electrons. The Morgan fingerprint density at radius 2 is 2.19 bits per heavy atom. The lowest BCUT2D eigenvalue weighted by molar-refractivity contribution is 0.183. The quantitative estimate of drug-likeness (QED) is 0.746. The van der Waals surface area contributed by atoms with Crippen molar-refractivity contribution in [1.29, 1.82) is 0 Å². The fourth-order valence-corrected chi connectivity index (χ4v) is 1.95. The Bertz CT molecular complexity index is 280. The van der Waals surface area contributed by atoms with E-state index in [1.807, 2.05) is 0 Å². The lowest BCUT2D eigenvalue weighted by atomic mass is 10.1. The average molecular weight is 242 g/mol. The van der Waals surface area contributed by atoms with Crippen molar-refractivity contribution in [3.05, 3.63) is 24.9 Å². The molecule has 0 amide bonds. The van der Waals surface area contributed by atoms with Crippen molar-refractivity contribution in [2.45, 2.75) is 19.4 Å². The van der Waals surface area contributed by atoms with Crippen LogP contribution in [0.25, 0.3) is 0 Å². The molecule has 0 aliphatic carbocycles. The van der Waals surface area contributed by atoms with Gasteiger partial charge in [0.1, 0.15) is 5.17 Å². The highest BCUT2D eigenvalue weighted by molar-refractivity contribution is 6.68. The minimum absolute atomic E-state index is 0.414. The van der Waals surface area contributed by atoms with Crippen LogP contribution in [0.2, 0.25) is 0 Å². The standard InChI is InChI=1S/C12H20ClN3/c1-4-12(13)15-10(2)9-11(3)16-7-5-14-6-8-16/h4,11,14H,1-2,5-9H2,3H3. The summed E-state index contributed by atoms with van der Waals surface area (Å²) in [6.07, 6.45) is 2.38. The molecule has 1 aliphatic heterocycles. The van der Waals surface area contributed by atoms with Crippen molar-refractivity contribution in [3.8, 4) is 0 Å². The van der Waals surface area contributed by atoms with Gasteiger partial charge in [-0.15, -0.1) is 0 Å². The molecule has 3 nitrogen and oxygen atoms in total. The molecule has 1 N–H and O–H groups in total. The van der Waals surface area contributed by atoms with Gasteiger partial charge in [-0.2, -0.15) is 0 Å². The van der Waals surface area contributed by atoms with Crippen molar-refractivity contribution in [2.24, 2.45) is 4.99 Å². The SMILES string of the molecule is C=CC(Cl)=NC(=C)CC(C)N1CCNCC1. The molecule has 0 bridgehead atoms. The lowest BCUT2D eigenvalue weighted by Crippen LogP contribution is -2.47. The first-order chi connectivity index (χ1) is 7.63. The fourth-order valence-electron chi connectivity index (χ4n) is 1.84. The van der Waals surface area contributed by atoms with E-state index in [4.69, 9.17) is 11.6 Å². The molecule has 0 aromatic heterocycles. The Labute approximate surface area is 103 Å². The minimum Gasteiger partial charge on any atom is -0.314 e. The van der Waals surface area contributed by atoms with Crippen LogP contribution in [0.5, 0.6) is 0 Å². The summed E-state index contributed by atoms with van der Waals surface area (Å²) in [6, 6.07) is 0.465. The summed E-state index contributed by atoms with van der Waals surface area (Å²) in [7, 11) is 0. The predicted octanol–water partition coefficient (Wildman–Crippen LogP) is 2.01. The first-order valence-corrected chi connectivity index (χ1v) is 6.00. The van der Waals surface area contributed by atoms with Crippen LogP contribution in [0.3, 0.4) is 0 Å². The van der Waals surface area contributed by atoms with Gasteiger partial charge in [-0.25, -0.2) is 4.99 Å². The molecule has 0 aromatic rings. The molecule has 4 heteroatoms. The van der Waals surface area contributed by atoms with E-state index in [-0.39, 0.29) is 0 Å². The van der Waals surface area contributed by atoms with Gasteiger partial charge in [0.2, 0.25) is 0 Å². The number of hydrogen-bond acceptors (Lipinski definition) is 3. The number of piperazine rings is 1. The molecule has 1 aliphatic rings. The van der Waals surface area contributed by atoms with Crippen LogP contribution in [-0.4, -0.2) is 42.3 Å². The summed E-state index contributed by atoms with van der Waals surface area (Å²) in [4.78, 5) is 6.60. The summed E-state index contributed by atoms with van der Waals surface area (Å²) in [5, 5.41) is 3.75. The van der Waals surface area contributed by atoms with Gasteiger partial charge < -0.3 is 5.32 Å². The van der Waals surface area contributed by atoms with Crippen molar-refractivity contribution >= 4 is 16.8 Å². The van der Waals surface area contributed by atoms with Crippen molar-refractivity contribution in [1.82, 2.24) is 10.2 Å². The number of allylic oxidation sites excluding steroid dienone is 1. The first kappa shape index (κ1) is 13.4. The summed E-state index contributed by atoms with van der Waals surface area (Å²) >= 11 is 5.78. The largest absolute Gasteiger partial charge is 0.314 e. The van der Waals surface area contributed by atoms with Crippen LogP contribution < -0.4 is 5.32 Å². The molecule has 0 aromatic carbocycles. The van der Waals surface area contributed by atoms with Gasteiger partial charge in [0.05, 0.1) is 0 Å². The third kappa shape index (κ3) is 4.47. The van der Waals surface area contributed by atoms with Crippen molar-refractivity contribution in [2.75, 3.05) is 26.2 Å². The first-order valence-electron chi connectivity index (χ1n) is 5.62. The number of rotatable bonds is 5. The number of halogens is 1. The monoisotopic (exact) mass is 241 g/mol. The third-order valence-electron chi connectivity index (χ3n) is 2.74. The number of aliphatic imine (C=N–C) groups is 1. The topological polar surface area (TPSA) is 27.6 Å². The van der Waals surface area contributed by atoms with Gasteiger partial charge >= 0.3 is 0 Å². The molecule has 16 heavy (non-hydrogen) atoms. The minimum atomic E-state index is 0.414. The van der Waals surface area contributed by atoms with Crippen LogP contribution in [0.1, 0.15) is 13.3 Å². The van der Waals surface area contributed by atoms with Crippen LogP contribution in [-0.2, 0) is 0 Å². The second-order valence-electron chi connectivity index (χ2n) is 4.04. The molecule has 1 fully saturated rings. The Balaban J connectivity index is 2.40. The molecule has 1 saturated heterocycles. The second kappa shape index (κ2) is 6.84. The highest BCUT2D eigenvalue weighted by Gasteiger charge is 2.16. The molecule has 1 atom stereocenters. The van der Waals surface area contributed by atoms with Crippen LogP contribution in [0, 0.1) is 0 Å². The molecule has 1 rings (SSSR count). The zero-order valence-electron chi connectivity index (χ0n) is 9.88. The fraction of sp³-hybridized carbons (Fsp3) is 0.583. The summed E-state index contributed by atoms with van der Waals surface area (Å²) in [6.45, 7) is 14.0. The number of nitrogens with one attached hydrogen (secondary N) is 1.